The number of ether oxygens (including phenoxy) is 8. The number of fused-ring (bicyclic) bond motifs is 4. The lowest BCUT2D eigenvalue weighted by atomic mass is 9.65. The molecule has 8 aliphatic carbocycles. The zero-order valence-electron chi connectivity index (χ0n) is 119. The maximum Gasteiger partial charge on any atom is 0.308 e. The molecular formula is C96H144O20. The summed E-state index contributed by atoms with van der Waals surface area (Å²) in [6.45, 7) is 0.688. The van der Waals surface area contributed by atoms with E-state index >= 15 is 0 Å². The minimum Gasteiger partial charge on any atom is -0.462 e. The van der Waals surface area contributed by atoms with Crippen LogP contribution in [-0.4, -0.2) is 144 Å². The highest BCUT2D eigenvalue weighted by Gasteiger charge is 2.48. The van der Waals surface area contributed by atoms with Gasteiger partial charge in [-0.15, -0.1) is 0 Å². The fraction of sp³-hybridized carbons (Fsp3) is 0.750. The Morgan fingerprint density at radius 2 is 0.750 bits per heavy atom. The van der Waals surface area contributed by atoms with E-state index in [-0.39, 0.29) is 107 Å². The van der Waals surface area contributed by atoms with E-state index in [4.69, 9.17) is 109 Å². The third-order valence-electron chi connectivity index (χ3n) is 22.1. The van der Waals surface area contributed by atoms with Gasteiger partial charge in [-0.25, -0.2) is 0 Å². The molecule has 0 saturated carbocycles. The van der Waals surface area contributed by atoms with Crippen molar-refractivity contribution in [3.63, 3.8) is 0 Å². The highest BCUT2D eigenvalue weighted by atomic mass is 16.6. The van der Waals surface area contributed by atoms with E-state index in [9.17, 15) is 48.6 Å². The number of esters is 8. The Morgan fingerprint density at radius 3 is 1.04 bits per heavy atom. The van der Waals surface area contributed by atoms with Crippen LogP contribution in [0.5, 0.6) is 0 Å². The number of hydrogen-bond acceptors (Lipinski definition) is 20. The first-order valence-corrected chi connectivity index (χ1v) is 39.3. The van der Waals surface area contributed by atoms with Crippen LogP contribution in [0.2, 0.25) is 0 Å². The van der Waals surface area contributed by atoms with Gasteiger partial charge in [0.25, 0.3) is 0 Å². The Morgan fingerprint density at radius 1 is 0.457 bits per heavy atom. The van der Waals surface area contributed by atoms with E-state index in [2.05, 4.69) is 10.2 Å². The second-order valence-electron chi connectivity index (χ2n) is 30.9. The maximum absolute atomic E-state index is 13.7. The molecule has 0 radical (unpaired) electrons. The van der Waals surface area contributed by atoms with Crippen molar-refractivity contribution in [2.24, 2.45) is 118 Å². The van der Waals surface area contributed by atoms with Crippen molar-refractivity contribution in [1.82, 2.24) is 0 Å². The van der Waals surface area contributed by atoms with E-state index < -0.39 is 402 Å². The van der Waals surface area contributed by atoms with Gasteiger partial charge in [-0.2, -0.15) is 0 Å². The van der Waals surface area contributed by atoms with Crippen LogP contribution in [0.25, 0.3) is 0 Å². The molecule has 4 saturated heterocycles. The number of rotatable bonds is 26. The molecule has 116 heavy (non-hydrogen) atoms. The first-order valence-electron chi connectivity index (χ1n) is 65.1. The third kappa shape index (κ3) is 25.8. The predicted octanol–water partition coefficient (Wildman–Crippen LogP) is 16.8. The Labute approximate surface area is 765 Å². The van der Waals surface area contributed by atoms with Crippen molar-refractivity contribution >= 4 is 47.8 Å². The number of aliphatic hydroxyl groups is 4. The predicted molar refractivity (Wildman–Crippen MR) is 443 cm³/mol. The number of cyclic esters (lactones) is 4. The van der Waals surface area contributed by atoms with Gasteiger partial charge in [0.2, 0.25) is 2.86 Å². The van der Waals surface area contributed by atoms with Gasteiger partial charge >= 0.3 is 47.8 Å². The summed E-state index contributed by atoms with van der Waals surface area (Å²) < 4.78 is 474. The van der Waals surface area contributed by atoms with Crippen LogP contribution in [-0.2, 0) is 76.3 Å². The molecule has 12 rings (SSSR count). The van der Waals surface area contributed by atoms with Crippen molar-refractivity contribution in [1.29, 1.82) is 2.86 Å². The molecule has 0 bridgehead atoms. The van der Waals surface area contributed by atoms with Gasteiger partial charge in [0.15, 0.2) is 0 Å². The monoisotopic (exact) mass is 1670 g/mol. The lowest BCUT2D eigenvalue weighted by molar-refractivity contribution is -0.162. The first kappa shape index (κ1) is 44.9. The molecule has 4 aliphatic heterocycles. The van der Waals surface area contributed by atoms with Gasteiger partial charge in [0.05, 0.1) is 90.1 Å². The first-order chi connectivity index (χ1) is 75.5. The van der Waals surface area contributed by atoms with E-state index in [1.165, 1.54) is 34.6 Å². The van der Waals surface area contributed by atoms with Crippen LogP contribution in [0.3, 0.4) is 0 Å². The standard InChI is InChI=1S/4C24H36O5/c4*1-5-15(3)24(27)29-21-11-14(2)10-17-7-6-16(4)20(23(17)21)9-8-19-12-18(25)13-22(26)28-19/h4*6-7,10,14-16,18-21,23,25H,5,8-9,11-13H2,1-4H3/t3*14-,15-,16-,18+,19?,20-,21?,23-;14-,15-,16-,18+,19?,20-,21-,23-/m0000/s1/i1D3,3D3,5D2,6D,7D,10D,11D2,13D2,14D,15D,16D;1D3,5D2,6D,7D,10D,11D2,13D2,14D,15D,16D;3D3,6D,7D,10D,11D2,14D,16D,25D;6D,7D,10D,11D2,14D,16D,25D. The lowest BCUT2D eigenvalue weighted by Gasteiger charge is -2.43. The molecule has 0 spiro atoms. The number of allylic oxidation sites excluding steroid dienone is 12. The summed E-state index contributed by atoms with van der Waals surface area (Å²) in [4.78, 5) is 101. The highest BCUT2D eigenvalue weighted by molar-refractivity contribution is 5.75. The molecule has 12 aliphatic rings. The van der Waals surface area contributed by atoms with Crippen molar-refractivity contribution < 1.29 is 165 Å². The van der Waals surface area contributed by atoms with Crippen LogP contribution in [0.1, 0.15) is 333 Å². The molecule has 0 aromatic heterocycles. The van der Waals surface area contributed by atoms with Gasteiger partial charge in [-0.1, -0.05) is 183 Å². The Kier molecular flexibility index (Phi) is 16.9. The topological polar surface area (TPSA) is 291 Å². The maximum atomic E-state index is 13.7. The Balaban J connectivity index is 0.000000247. The van der Waals surface area contributed by atoms with Gasteiger partial charge in [-0.3, -0.25) is 38.4 Å². The number of carbonyl (C=O) groups excluding carboxylic acids is 8. The van der Waals surface area contributed by atoms with Crippen LogP contribution >= 0.6 is 0 Å². The average Bonchev–Trinajstić information content (AvgIpc) is 0.696. The molecule has 0 aromatic carbocycles. The molecule has 7 unspecified atom stereocenters. The van der Waals surface area contributed by atoms with E-state index in [0.29, 0.717) is 13.3 Å². The second-order valence-corrected chi connectivity index (χ2v) is 30.9. The van der Waals surface area contributed by atoms with Crippen LogP contribution < -0.4 is 0 Å². The van der Waals surface area contributed by atoms with Gasteiger partial charge in [-0.05, 0) is 196 Å². The zero-order valence-corrected chi connectivity index (χ0v) is 67.3. The molecule has 4 N–H and O–H groups in total. The molecular weight excluding hydrogens is 1470 g/mol. The largest absolute Gasteiger partial charge is 0.462 e. The molecule has 20 nitrogen and oxygen atoms in total. The van der Waals surface area contributed by atoms with Crippen LogP contribution in [0.15, 0.2) is 94.9 Å². The molecule has 0 amide bonds. The summed E-state index contributed by atoms with van der Waals surface area (Å²) in [6, 6.07) is -7.24. The van der Waals surface area contributed by atoms with Gasteiger partial charge < -0.3 is 58.3 Å². The minimum atomic E-state index is -4.20. The van der Waals surface area contributed by atoms with E-state index in [1.807, 2.05) is 0 Å². The number of aliphatic hydroxyl groups excluding tert-OH is 4. The molecule has 4 fully saturated rings. The van der Waals surface area contributed by atoms with E-state index in [1.54, 1.807) is 13.8 Å². The van der Waals surface area contributed by atoms with Crippen molar-refractivity contribution in [2.75, 3.05) is 0 Å². The molecule has 20 heteroatoms. The SMILES string of the molecule is [2H]C1=C([2H])[C@]([2H])(C)[C@H](CCC2C[C@@H](O)C([2H])([2H])C(=O)O2)[C@@H]2C1=C([2H])[C@]([2H])(C)C([2H])([2H])C2OC(=O)[C@@]([2H])(C([2H])([2H])[2H])C([2H])([2H])C([2H])([2H])[2H].[2H]C1=C([2H])[C@]([2H])(C)[C@H](CCC2C[C@@H](O)C([2H])([2H])C(=O)O2)[C@@H]2C1=C([2H])[C@]([2H])(C)C([2H])([2H])C2OC(=O)[C@@]([2H])(C)C([2H])([2H])C([2H])([2H])[2H].[2H]O[C@H]1CC(=O)OC(CC[C@@H]2[C@@H]3C(=C([2H])[C@]([2H])(C)C([2H])([2H])C3OC(=O)[C@H](CC)C([2H])([2H])[2H])C([2H])=C([2H])[C@]2([2H])C)C1.[2H]O[C@H]1CC(=O)OC(CC[C@@H]2[C@@H]3C(=C([2H])[C@]([2H])(C)C([2H])([2H])[C@@H]3OC(=O)[C@@H](C)CC)C([2H])=C([2H])[C@]2([2H])C)C1. The summed E-state index contributed by atoms with van der Waals surface area (Å²) in [7, 11) is 0. The quantitative estimate of drug-likeness (QED) is 0.0462. The summed E-state index contributed by atoms with van der Waals surface area (Å²) in [5.41, 5.74) is -1.17. The van der Waals surface area contributed by atoms with Gasteiger partial charge in [0, 0.05) is 101 Å². The summed E-state index contributed by atoms with van der Waals surface area (Å²) >= 11 is 0. The normalized spacial score (nSPS) is 54.3. The fourth-order valence-electron chi connectivity index (χ4n) is 15.8. The van der Waals surface area contributed by atoms with Crippen molar-refractivity contribution in [3.05, 3.63) is 94.9 Å². The Bertz CT molecular complexity index is 6140. The Hall–Kier alpha value is -6.48. The number of carbonyl (C=O) groups is 8. The summed E-state index contributed by atoms with van der Waals surface area (Å²) in [5, 5.41) is 29.5. The van der Waals surface area contributed by atoms with Crippen molar-refractivity contribution in [2.45, 2.75) is 337 Å². The smallest absolute Gasteiger partial charge is 0.308 e. The number of hydrogen-bond donors (Lipinski definition) is 4. The van der Waals surface area contributed by atoms with Crippen LogP contribution in [0.4, 0.5) is 0 Å². The van der Waals surface area contributed by atoms with Crippen molar-refractivity contribution in [3.8, 4) is 0 Å². The minimum absolute atomic E-state index is 0.00902. The van der Waals surface area contributed by atoms with Gasteiger partial charge in [0.1, 0.15) is 48.8 Å². The zero-order chi connectivity index (χ0) is 130. The fourth-order valence-corrected chi connectivity index (χ4v) is 15.8. The average molecular weight is 1670 g/mol. The lowest BCUT2D eigenvalue weighted by Crippen LogP contribution is -2.42. The highest BCUT2D eigenvalue weighted by Crippen LogP contribution is 2.51. The third-order valence-corrected chi connectivity index (χ3v) is 22.1. The summed E-state index contributed by atoms with van der Waals surface area (Å²) in [6.07, 6.45) is -41.6. The van der Waals surface area contributed by atoms with Crippen LogP contribution in [0, 0.1) is 118 Å². The second kappa shape index (κ2) is 43.7. The molecule has 648 valence electrons. The molecule has 4 heterocycles. The van der Waals surface area contributed by atoms with E-state index in [0.717, 1.165) is 27.7 Å². The summed E-state index contributed by atoms with van der Waals surface area (Å²) in [5.74, 6) is -47.4. The molecule has 0 aromatic rings. The molecule has 32 atom stereocenters.